The standard InChI is InChI=1S/C15H22N4O/c20-15-17-8-12-19(15)11-7-16-13-3-5-14(6-4-13)18-9-1-2-10-18/h3-6,16H,1-2,7-12H2,(H,17,20). The Labute approximate surface area is 119 Å². The van der Waals surface area contributed by atoms with Crippen molar-refractivity contribution in [3.63, 3.8) is 0 Å². The van der Waals surface area contributed by atoms with E-state index in [0.29, 0.717) is 0 Å². The molecular weight excluding hydrogens is 252 g/mol. The van der Waals surface area contributed by atoms with Crippen LogP contribution in [-0.4, -0.2) is 50.2 Å². The molecule has 0 spiro atoms. The number of nitrogens with one attached hydrogen (secondary N) is 2. The van der Waals surface area contributed by atoms with E-state index in [4.69, 9.17) is 0 Å². The predicted molar refractivity (Wildman–Crippen MR) is 81.4 cm³/mol. The molecule has 2 heterocycles. The molecule has 20 heavy (non-hydrogen) atoms. The quantitative estimate of drug-likeness (QED) is 0.859. The third kappa shape index (κ3) is 2.98. The molecule has 2 saturated heterocycles. The Hall–Kier alpha value is -1.91. The number of anilines is 2. The normalized spacial score (nSPS) is 18.5. The highest BCUT2D eigenvalue weighted by Crippen LogP contribution is 2.21. The van der Waals surface area contributed by atoms with Crippen LogP contribution in [0.1, 0.15) is 12.8 Å². The number of amides is 2. The maximum atomic E-state index is 11.4. The number of carbonyl (C=O) groups excluding carboxylic acids is 1. The Bertz CT molecular complexity index is 453. The fourth-order valence-electron chi connectivity index (χ4n) is 2.83. The molecule has 0 aliphatic carbocycles. The topological polar surface area (TPSA) is 47.6 Å². The Morgan fingerprint density at radius 2 is 1.85 bits per heavy atom. The second-order valence-electron chi connectivity index (χ2n) is 5.39. The second kappa shape index (κ2) is 6.03. The SMILES string of the molecule is O=C1NCCN1CCNc1ccc(N2CCCC2)cc1. The zero-order chi connectivity index (χ0) is 13.8. The largest absolute Gasteiger partial charge is 0.383 e. The number of hydrogen-bond donors (Lipinski definition) is 2. The van der Waals surface area contributed by atoms with Gasteiger partial charge in [0.25, 0.3) is 0 Å². The van der Waals surface area contributed by atoms with Crippen molar-refractivity contribution < 1.29 is 4.79 Å². The lowest BCUT2D eigenvalue weighted by Crippen LogP contribution is -2.32. The monoisotopic (exact) mass is 274 g/mol. The van der Waals surface area contributed by atoms with Crippen LogP contribution in [0.15, 0.2) is 24.3 Å². The summed E-state index contributed by atoms with van der Waals surface area (Å²) in [6.07, 6.45) is 2.61. The third-order valence-electron chi connectivity index (χ3n) is 3.99. The highest BCUT2D eigenvalue weighted by atomic mass is 16.2. The summed E-state index contributed by atoms with van der Waals surface area (Å²) in [6, 6.07) is 8.65. The number of hydrogen-bond acceptors (Lipinski definition) is 3. The fraction of sp³-hybridized carbons (Fsp3) is 0.533. The van der Waals surface area contributed by atoms with Gasteiger partial charge in [-0.1, -0.05) is 0 Å². The van der Waals surface area contributed by atoms with Gasteiger partial charge in [-0.2, -0.15) is 0 Å². The van der Waals surface area contributed by atoms with Gasteiger partial charge >= 0.3 is 6.03 Å². The first kappa shape index (κ1) is 13.1. The number of nitrogens with zero attached hydrogens (tertiary/aromatic N) is 2. The molecule has 108 valence electrons. The summed E-state index contributed by atoms with van der Waals surface area (Å²) in [5, 5.41) is 6.18. The smallest absolute Gasteiger partial charge is 0.317 e. The summed E-state index contributed by atoms with van der Waals surface area (Å²) in [7, 11) is 0. The van der Waals surface area contributed by atoms with Crippen LogP contribution in [0.2, 0.25) is 0 Å². The fourth-order valence-corrected chi connectivity index (χ4v) is 2.83. The Morgan fingerprint density at radius 1 is 1.10 bits per heavy atom. The zero-order valence-electron chi connectivity index (χ0n) is 11.8. The van der Waals surface area contributed by atoms with E-state index >= 15 is 0 Å². The Kier molecular flexibility index (Phi) is 3.95. The molecule has 2 fully saturated rings. The molecule has 2 amide bonds. The predicted octanol–water partition coefficient (Wildman–Crippen LogP) is 1.72. The van der Waals surface area contributed by atoms with Crippen molar-refractivity contribution in [3.8, 4) is 0 Å². The first-order chi connectivity index (χ1) is 9.83. The Morgan fingerprint density at radius 3 is 2.50 bits per heavy atom. The second-order valence-corrected chi connectivity index (χ2v) is 5.39. The average Bonchev–Trinajstić information content (AvgIpc) is 3.12. The van der Waals surface area contributed by atoms with Crippen LogP contribution in [0.5, 0.6) is 0 Å². The molecule has 2 aliphatic heterocycles. The van der Waals surface area contributed by atoms with Crippen LogP contribution >= 0.6 is 0 Å². The van der Waals surface area contributed by atoms with E-state index in [1.807, 2.05) is 4.90 Å². The minimum atomic E-state index is 0.0520. The van der Waals surface area contributed by atoms with E-state index < -0.39 is 0 Å². The molecule has 2 aliphatic rings. The van der Waals surface area contributed by atoms with Crippen LogP contribution in [-0.2, 0) is 0 Å². The lowest BCUT2D eigenvalue weighted by molar-refractivity contribution is 0.219. The Balaban J connectivity index is 1.47. The van der Waals surface area contributed by atoms with E-state index in [1.165, 1.54) is 31.6 Å². The lowest BCUT2D eigenvalue weighted by Gasteiger charge is -2.18. The maximum Gasteiger partial charge on any atom is 0.317 e. The first-order valence-electron chi connectivity index (χ1n) is 7.44. The molecule has 5 nitrogen and oxygen atoms in total. The van der Waals surface area contributed by atoms with E-state index in [-0.39, 0.29) is 6.03 Å². The van der Waals surface area contributed by atoms with Crippen molar-refractivity contribution in [1.82, 2.24) is 10.2 Å². The lowest BCUT2D eigenvalue weighted by atomic mass is 10.2. The van der Waals surface area contributed by atoms with Crippen molar-refractivity contribution in [1.29, 1.82) is 0 Å². The van der Waals surface area contributed by atoms with Gasteiger partial charge in [-0.25, -0.2) is 4.79 Å². The molecule has 0 atom stereocenters. The minimum Gasteiger partial charge on any atom is -0.383 e. The highest BCUT2D eigenvalue weighted by molar-refractivity contribution is 5.76. The zero-order valence-corrected chi connectivity index (χ0v) is 11.8. The van der Waals surface area contributed by atoms with Crippen molar-refractivity contribution in [2.75, 3.05) is 49.5 Å². The van der Waals surface area contributed by atoms with Gasteiger partial charge in [-0.3, -0.25) is 0 Å². The summed E-state index contributed by atoms with van der Waals surface area (Å²) in [4.78, 5) is 15.7. The third-order valence-corrected chi connectivity index (χ3v) is 3.99. The van der Waals surface area contributed by atoms with Gasteiger partial charge in [0.15, 0.2) is 0 Å². The van der Waals surface area contributed by atoms with Crippen LogP contribution in [0.4, 0.5) is 16.2 Å². The van der Waals surface area contributed by atoms with Gasteiger partial charge in [0, 0.05) is 50.6 Å². The highest BCUT2D eigenvalue weighted by Gasteiger charge is 2.18. The number of urea groups is 1. The van der Waals surface area contributed by atoms with Gasteiger partial charge in [0.2, 0.25) is 0 Å². The van der Waals surface area contributed by atoms with Crippen LogP contribution < -0.4 is 15.5 Å². The van der Waals surface area contributed by atoms with Crippen molar-refractivity contribution in [2.24, 2.45) is 0 Å². The van der Waals surface area contributed by atoms with Crippen molar-refractivity contribution in [2.45, 2.75) is 12.8 Å². The maximum absolute atomic E-state index is 11.4. The van der Waals surface area contributed by atoms with E-state index in [9.17, 15) is 4.79 Å². The van der Waals surface area contributed by atoms with E-state index in [1.54, 1.807) is 0 Å². The molecule has 3 rings (SSSR count). The summed E-state index contributed by atoms with van der Waals surface area (Å²) >= 11 is 0. The summed E-state index contributed by atoms with van der Waals surface area (Å²) in [6.45, 7) is 5.47. The van der Waals surface area contributed by atoms with E-state index in [0.717, 1.165) is 31.9 Å². The van der Waals surface area contributed by atoms with Crippen LogP contribution in [0.25, 0.3) is 0 Å². The van der Waals surface area contributed by atoms with Gasteiger partial charge in [-0.05, 0) is 37.1 Å². The van der Waals surface area contributed by atoms with Crippen molar-refractivity contribution in [3.05, 3.63) is 24.3 Å². The molecule has 0 radical (unpaired) electrons. The molecular formula is C15H22N4O. The minimum absolute atomic E-state index is 0.0520. The summed E-state index contributed by atoms with van der Waals surface area (Å²) in [5.41, 5.74) is 2.43. The molecule has 0 unspecified atom stereocenters. The first-order valence-corrected chi connectivity index (χ1v) is 7.44. The van der Waals surface area contributed by atoms with Gasteiger partial charge in [0.1, 0.15) is 0 Å². The van der Waals surface area contributed by atoms with Crippen LogP contribution in [0.3, 0.4) is 0 Å². The molecule has 0 aromatic heterocycles. The molecule has 1 aromatic carbocycles. The van der Waals surface area contributed by atoms with Gasteiger partial charge in [0.05, 0.1) is 0 Å². The molecule has 0 bridgehead atoms. The van der Waals surface area contributed by atoms with E-state index in [2.05, 4.69) is 39.8 Å². The van der Waals surface area contributed by atoms with Gasteiger partial charge < -0.3 is 20.4 Å². The molecule has 1 aromatic rings. The summed E-state index contributed by atoms with van der Waals surface area (Å²) in [5.74, 6) is 0. The summed E-state index contributed by atoms with van der Waals surface area (Å²) < 4.78 is 0. The average molecular weight is 274 g/mol. The van der Waals surface area contributed by atoms with Crippen molar-refractivity contribution >= 4 is 17.4 Å². The number of benzene rings is 1. The molecule has 0 saturated carbocycles. The molecule has 5 heteroatoms. The number of rotatable bonds is 5. The van der Waals surface area contributed by atoms with Gasteiger partial charge in [-0.15, -0.1) is 0 Å². The van der Waals surface area contributed by atoms with Crippen LogP contribution in [0, 0.1) is 0 Å². The molecule has 2 N–H and O–H groups in total. The number of carbonyl (C=O) groups is 1.